The third kappa shape index (κ3) is 4.99. The molecule has 1 aromatic heterocycles. The molecular formula is C47H32N2O. The van der Waals surface area contributed by atoms with Gasteiger partial charge in [-0.2, -0.15) is 0 Å². The molecular weight excluding hydrogens is 609 g/mol. The highest BCUT2D eigenvalue weighted by Gasteiger charge is 2.45. The van der Waals surface area contributed by atoms with Gasteiger partial charge in [0.15, 0.2) is 5.82 Å². The first-order valence-corrected chi connectivity index (χ1v) is 16.9. The highest BCUT2D eigenvalue weighted by molar-refractivity contribution is 5.82. The molecule has 3 heteroatoms. The lowest BCUT2D eigenvalue weighted by Gasteiger charge is -2.41. The van der Waals surface area contributed by atoms with E-state index in [2.05, 4.69) is 170 Å². The topological polar surface area (TPSA) is 35.0 Å². The molecule has 0 N–H and O–H groups in total. The van der Waals surface area contributed by atoms with Crippen LogP contribution in [0.25, 0.3) is 45.0 Å². The second-order valence-corrected chi connectivity index (χ2v) is 12.5. The molecule has 8 aromatic rings. The Kier molecular flexibility index (Phi) is 7.37. The maximum Gasteiger partial charge on any atom is 0.161 e. The van der Waals surface area contributed by atoms with Gasteiger partial charge in [-0.1, -0.05) is 176 Å². The van der Waals surface area contributed by atoms with Gasteiger partial charge in [0.05, 0.1) is 16.8 Å². The number of nitrogens with zero attached hydrogens (tertiary/aromatic N) is 2. The molecule has 0 unspecified atom stereocenters. The SMILES string of the molecule is c1ccc(-c2cc(-c3ccc(C4(c5ccccc5)c5ccccc5Oc5ccccc54)cc3)nc(-c3ccccc3-c3ccccc3)n2)cc1. The molecule has 0 bridgehead atoms. The molecule has 3 nitrogen and oxygen atoms in total. The largest absolute Gasteiger partial charge is 0.457 e. The summed E-state index contributed by atoms with van der Waals surface area (Å²) >= 11 is 0. The summed E-state index contributed by atoms with van der Waals surface area (Å²) in [6.07, 6.45) is 0. The van der Waals surface area contributed by atoms with Gasteiger partial charge in [-0.15, -0.1) is 0 Å². The van der Waals surface area contributed by atoms with Crippen LogP contribution < -0.4 is 4.74 Å². The van der Waals surface area contributed by atoms with Crippen molar-refractivity contribution in [3.05, 3.63) is 216 Å². The molecule has 236 valence electrons. The molecule has 7 aromatic carbocycles. The van der Waals surface area contributed by atoms with E-state index in [1.165, 1.54) is 5.56 Å². The van der Waals surface area contributed by atoms with Crippen LogP contribution in [0.4, 0.5) is 0 Å². The molecule has 0 saturated carbocycles. The number of ether oxygens (including phenoxy) is 1. The van der Waals surface area contributed by atoms with Gasteiger partial charge in [-0.3, -0.25) is 0 Å². The van der Waals surface area contributed by atoms with E-state index in [0.717, 1.165) is 67.4 Å². The van der Waals surface area contributed by atoms with Crippen molar-refractivity contribution < 1.29 is 4.74 Å². The summed E-state index contributed by atoms with van der Waals surface area (Å²) in [7, 11) is 0. The fourth-order valence-corrected chi connectivity index (χ4v) is 7.38. The van der Waals surface area contributed by atoms with Crippen molar-refractivity contribution in [1.29, 1.82) is 0 Å². The molecule has 1 aliphatic rings. The van der Waals surface area contributed by atoms with Crippen LogP contribution in [0.1, 0.15) is 22.3 Å². The zero-order valence-corrected chi connectivity index (χ0v) is 27.3. The lowest BCUT2D eigenvalue weighted by molar-refractivity contribution is 0.434. The Morgan fingerprint density at radius 2 is 0.800 bits per heavy atom. The van der Waals surface area contributed by atoms with Crippen molar-refractivity contribution >= 4 is 0 Å². The van der Waals surface area contributed by atoms with E-state index in [9.17, 15) is 0 Å². The number of hydrogen-bond donors (Lipinski definition) is 0. The molecule has 0 saturated heterocycles. The Hall–Kier alpha value is -6.58. The minimum atomic E-state index is -0.577. The Labute approximate surface area is 292 Å². The summed E-state index contributed by atoms with van der Waals surface area (Å²) in [5, 5.41) is 0. The van der Waals surface area contributed by atoms with E-state index in [4.69, 9.17) is 14.7 Å². The number of aromatic nitrogens is 2. The molecule has 50 heavy (non-hydrogen) atoms. The molecule has 2 heterocycles. The van der Waals surface area contributed by atoms with Gasteiger partial charge in [-0.05, 0) is 40.5 Å². The summed E-state index contributed by atoms with van der Waals surface area (Å²) in [4.78, 5) is 10.4. The summed E-state index contributed by atoms with van der Waals surface area (Å²) in [5.74, 6) is 2.42. The Morgan fingerprint density at radius 3 is 1.40 bits per heavy atom. The van der Waals surface area contributed by atoms with Gasteiger partial charge in [0.25, 0.3) is 0 Å². The van der Waals surface area contributed by atoms with E-state index in [1.54, 1.807) is 0 Å². The molecule has 0 aliphatic carbocycles. The predicted octanol–water partition coefficient (Wildman–Crippen LogP) is 11.6. The summed E-state index contributed by atoms with van der Waals surface area (Å²) in [6, 6.07) is 67.7. The maximum absolute atomic E-state index is 6.50. The number of para-hydroxylation sites is 2. The summed E-state index contributed by atoms with van der Waals surface area (Å²) < 4.78 is 6.50. The highest BCUT2D eigenvalue weighted by atomic mass is 16.5. The maximum atomic E-state index is 6.50. The van der Waals surface area contributed by atoms with Crippen LogP contribution in [0.3, 0.4) is 0 Å². The van der Waals surface area contributed by atoms with Crippen molar-refractivity contribution in [1.82, 2.24) is 9.97 Å². The summed E-state index contributed by atoms with van der Waals surface area (Å²) in [5.41, 5.74) is 11.0. The van der Waals surface area contributed by atoms with E-state index in [1.807, 2.05) is 24.3 Å². The zero-order valence-electron chi connectivity index (χ0n) is 27.3. The normalized spacial score (nSPS) is 12.7. The van der Waals surface area contributed by atoms with Gasteiger partial charge < -0.3 is 4.74 Å². The first-order chi connectivity index (χ1) is 24.8. The fourth-order valence-electron chi connectivity index (χ4n) is 7.38. The smallest absolute Gasteiger partial charge is 0.161 e. The Morgan fingerprint density at radius 1 is 0.360 bits per heavy atom. The molecule has 9 rings (SSSR count). The first-order valence-electron chi connectivity index (χ1n) is 16.9. The number of hydrogen-bond acceptors (Lipinski definition) is 3. The van der Waals surface area contributed by atoms with Gasteiger partial charge >= 0.3 is 0 Å². The van der Waals surface area contributed by atoms with Crippen LogP contribution in [0.15, 0.2) is 194 Å². The predicted molar refractivity (Wildman–Crippen MR) is 202 cm³/mol. The monoisotopic (exact) mass is 640 g/mol. The van der Waals surface area contributed by atoms with Crippen LogP contribution in [0.2, 0.25) is 0 Å². The van der Waals surface area contributed by atoms with Crippen molar-refractivity contribution in [2.45, 2.75) is 5.41 Å². The second-order valence-electron chi connectivity index (χ2n) is 12.5. The average molecular weight is 641 g/mol. The Bertz CT molecular complexity index is 2390. The molecule has 0 atom stereocenters. The number of benzene rings is 7. The quantitative estimate of drug-likeness (QED) is 0.181. The van der Waals surface area contributed by atoms with Gasteiger partial charge in [0, 0.05) is 27.8 Å². The Balaban J connectivity index is 1.23. The molecule has 0 amide bonds. The second kappa shape index (κ2) is 12.5. The van der Waals surface area contributed by atoms with Crippen LogP contribution in [0, 0.1) is 0 Å². The summed E-state index contributed by atoms with van der Waals surface area (Å²) in [6.45, 7) is 0. The van der Waals surface area contributed by atoms with Crippen LogP contribution in [-0.2, 0) is 5.41 Å². The van der Waals surface area contributed by atoms with E-state index in [-0.39, 0.29) is 0 Å². The molecule has 0 spiro atoms. The molecule has 0 fully saturated rings. The van der Waals surface area contributed by atoms with Gasteiger partial charge in [0.2, 0.25) is 0 Å². The highest BCUT2D eigenvalue weighted by Crippen LogP contribution is 2.55. The minimum Gasteiger partial charge on any atom is -0.457 e. The molecule has 0 radical (unpaired) electrons. The molecule has 1 aliphatic heterocycles. The lowest BCUT2D eigenvalue weighted by Crippen LogP contribution is -2.34. The van der Waals surface area contributed by atoms with Crippen LogP contribution in [-0.4, -0.2) is 9.97 Å². The number of rotatable bonds is 6. The van der Waals surface area contributed by atoms with Crippen molar-refractivity contribution in [3.63, 3.8) is 0 Å². The van der Waals surface area contributed by atoms with Gasteiger partial charge in [0.1, 0.15) is 11.5 Å². The van der Waals surface area contributed by atoms with E-state index in [0.29, 0.717) is 5.82 Å². The van der Waals surface area contributed by atoms with E-state index >= 15 is 0 Å². The minimum absolute atomic E-state index is 0.577. The van der Waals surface area contributed by atoms with Crippen molar-refractivity contribution in [2.75, 3.05) is 0 Å². The average Bonchev–Trinajstić information content (AvgIpc) is 3.21. The van der Waals surface area contributed by atoms with Crippen molar-refractivity contribution in [3.8, 4) is 56.5 Å². The standard InChI is InChI=1S/C47H32N2O/c1-4-16-33(17-5-1)38-22-10-11-23-39(38)46-48-42(34-18-6-2-7-19-34)32-43(49-46)35-28-30-37(31-29-35)47(36-20-8-3-9-21-36)40-24-12-14-26-44(40)50-45-27-15-13-25-41(45)47/h1-32H. The number of fused-ring (bicyclic) bond motifs is 2. The van der Waals surface area contributed by atoms with Crippen LogP contribution in [0.5, 0.6) is 11.5 Å². The van der Waals surface area contributed by atoms with Crippen molar-refractivity contribution in [2.24, 2.45) is 0 Å². The third-order valence-corrected chi connectivity index (χ3v) is 9.67. The third-order valence-electron chi connectivity index (χ3n) is 9.67. The zero-order chi connectivity index (χ0) is 33.3. The lowest BCUT2D eigenvalue weighted by atomic mass is 9.63. The van der Waals surface area contributed by atoms with E-state index < -0.39 is 5.41 Å². The van der Waals surface area contributed by atoms with Gasteiger partial charge in [-0.25, -0.2) is 9.97 Å². The first kappa shape index (κ1) is 29.6. The fraction of sp³-hybridized carbons (Fsp3) is 0.0213. The van der Waals surface area contributed by atoms with Crippen LogP contribution >= 0.6 is 0 Å².